The van der Waals surface area contributed by atoms with E-state index in [9.17, 15) is 4.79 Å². The monoisotopic (exact) mass is 225 g/mol. The second-order valence-corrected chi connectivity index (χ2v) is 2.77. The fraction of sp³-hybridized carbons (Fsp3) is 0.667. The lowest BCUT2D eigenvalue weighted by atomic mass is 10.6. The van der Waals surface area contributed by atoms with E-state index in [1.54, 1.807) is 5.01 Å². The molecule has 0 aliphatic heterocycles. The minimum atomic E-state index is -0.639. The molecule has 3 N–H and O–H groups in total. The van der Waals surface area contributed by atoms with Crippen LogP contribution in [-0.4, -0.2) is 28.6 Å². The maximum absolute atomic E-state index is 10.3. The van der Waals surface area contributed by atoms with Gasteiger partial charge in [0.2, 0.25) is 0 Å². The number of nitrogens with zero attached hydrogens (tertiary/aromatic N) is 1. The van der Waals surface area contributed by atoms with Crippen LogP contribution in [0.4, 0.5) is 9.59 Å². The predicted molar refractivity (Wildman–Crippen MR) is 59.0 cm³/mol. The number of rotatable bonds is 3. The summed E-state index contributed by atoms with van der Waals surface area (Å²) in [5.74, 6) is 0. The van der Waals surface area contributed by atoms with Gasteiger partial charge in [0.1, 0.15) is 0 Å². The average Bonchev–Trinajstić information content (AvgIpc) is 1.98. The summed E-state index contributed by atoms with van der Waals surface area (Å²) < 4.78 is 0. The van der Waals surface area contributed by atoms with Gasteiger partial charge in [-0.2, -0.15) is 0 Å². The number of hydrazine groups is 1. The summed E-state index contributed by atoms with van der Waals surface area (Å²) in [6, 6.07) is 0. The van der Waals surface area contributed by atoms with E-state index in [0.717, 1.165) is 13.1 Å². The smallest absolute Gasteiger partial charge is 0.290 e. The molecule has 0 aromatic rings. The lowest BCUT2D eigenvalue weighted by Crippen LogP contribution is -2.39. The van der Waals surface area contributed by atoms with Gasteiger partial charge in [0.15, 0.2) is 0 Å². The van der Waals surface area contributed by atoms with Crippen LogP contribution in [0, 0.1) is 0 Å². The molecule has 0 fully saturated rings. The van der Waals surface area contributed by atoms with E-state index in [0.29, 0.717) is 0 Å². The molecule has 2 amide bonds. The van der Waals surface area contributed by atoms with Crippen LogP contribution in [0.3, 0.4) is 0 Å². The Labute approximate surface area is 88.8 Å². The van der Waals surface area contributed by atoms with Crippen molar-refractivity contribution in [2.24, 2.45) is 5.73 Å². The lowest BCUT2D eigenvalue weighted by molar-refractivity contribution is 0.206. The SMILES string of the molecule is CCN(CC)NC(=O)S.NC(=O)S. The Morgan fingerprint density at radius 3 is 1.69 bits per heavy atom. The van der Waals surface area contributed by atoms with Gasteiger partial charge in [-0.05, 0) is 0 Å². The Balaban J connectivity index is 0. The summed E-state index contributed by atoms with van der Waals surface area (Å²) in [5, 5.41) is 0.828. The Morgan fingerprint density at radius 1 is 1.31 bits per heavy atom. The molecule has 0 atom stereocenters. The van der Waals surface area contributed by atoms with E-state index in [4.69, 9.17) is 4.79 Å². The van der Waals surface area contributed by atoms with Gasteiger partial charge in [-0.3, -0.25) is 15.0 Å². The molecule has 0 bridgehead atoms. The van der Waals surface area contributed by atoms with Crippen molar-refractivity contribution in [2.45, 2.75) is 13.8 Å². The van der Waals surface area contributed by atoms with Crippen molar-refractivity contribution >= 4 is 35.7 Å². The van der Waals surface area contributed by atoms with E-state index in [1.807, 2.05) is 13.8 Å². The first-order valence-corrected chi connectivity index (χ1v) is 4.56. The normalized spacial score (nSPS) is 8.69. The van der Waals surface area contributed by atoms with E-state index in [1.165, 1.54) is 0 Å². The Morgan fingerprint density at radius 2 is 1.62 bits per heavy atom. The average molecular weight is 225 g/mol. The summed E-state index contributed by atoms with van der Waals surface area (Å²) in [5.41, 5.74) is 6.87. The first-order chi connectivity index (χ1) is 5.93. The third-order valence-corrected chi connectivity index (χ3v) is 1.12. The molecular weight excluding hydrogens is 210 g/mol. The lowest BCUT2D eigenvalue weighted by Gasteiger charge is -2.16. The summed E-state index contributed by atoms with van der Waals surface area (Å²) in [4.78, 5) is 19.4. The largest absolute Gasteiger partial charge is 0.361 e. The number of hydrogen-bond donors (Lipinski definition) is 4. The fourth-order valence-corrected chi connectivity index (χ4v) is 0.658. The Bertz CT molecular complexity index is 158. The zero-order valence-corrected chi connectivity index (χ0v) is 9.44. The third-order valence-electron chi connectivity index (χ3n) is 1.02. The van der Waals surface area contributed by atoms with Gasteiger partial charge < -0.3 is 5.73 Å². The fourth-order valence-electron chi connectivity index (χ4n) is 0.517. The zero-order valence-electron chi connectivity index (χ0n) is 7.65. The van der Waals surface area contributed by atoms with Crippen LogP contribution in [0.25, 0.3) is 0 Å². The first-order valence-electron chi connectivity index (χ1n) is 3.66. The standard InChI is InChI=1S/C5H12N2OS.CH3NOS/c1-3-7(4-2)6-5(8)9;2-1(3)4/h3-4H2,1-2H3,(H2,6,8,9);(H3,2,3,4). The third kappa shape index (κ3) is 18.5. The maximum atomic E-state index is 10.3. The summed E-state index contributed by atoms with van der Waals surface area (Å²) >= 11 is 6.66. The molecule has 0 saturated carbocycles. The zero-order chi connectivity index (χ0) is 10.9. The van der Waals surface area contributed by atoms with Crippen LogP contribution in [0.2, 0.25) is 0 Å². The summed E-state index contributed by atoms with van der Waals surface area (Å²) in [6.07, 6.45) is 0. The molecule has 0 spiro atoms. The Kier molecular flexibility index (Phi) is 11.2. The molecule has 0 aliphatic rings. The van der Waals surface area contributed by atoms with Crippen LogP contribution in [0.1, 0.15) is 13.8 Å². The first kappa shape index (κ1) is 15.1. The number of nitrogens with one attached hydrogen (secondary N) is 1. The summed E-state index contributed by atoms with van der Waals surface area (Å²) in [7, 11) is 0. The molecule has 0 rings (SSSR count). The van der Waals surface area contributed by atoms with Crippen molar-refractivity contribution in [3.8, 4) is 0 Å². The highest BCUT2D eigenvalue weighted by Crippen LogP contribution is 1.82. The van der Waals surface area contributed by atoms with Crippen LogP contribution in [-0.2, 0) is 0 Å². The molecule has 0 unspecified atom stereocenters. The van der Waals surface area contributed by atoms with E-state index in [2.05, 4.69) is 36.4 Å². The quantitative estimate of drug-likeness (QED) is 0.425. The molecule has 0 aromatic carbocycles. The van der Waals surface area contributed by atoms with Gasteiger partial charge in [0, 0.05) is 13.1 Å². The minimum absolute atomic E-state index is 0.307. The van der Waals surface area contributed by atoms with Gasteiger partial charge in [0.05, 0.1) is 0 Å². The molecule has 78 valence electrons. The van der Waals surface area contributed by atoms with Crippen LogP contribution < -0.4 is 11.2 Å². The molecule has 0 aromatic heterocycles. The van der Waals surface area contributed by atoms with Crippen molar-refractivity contribution in [3.05, 3.63) is 0 Å². The van der Waals surface area contributed by atoms with Crippen LogP contribution in [0.5, 0.6) is 0 Å². The maximum Gasteiger partial charge on any atom is 0.290 e. The molecule has 0 aliphatic carbocycles. The van der Waals surface area contributed by atoms with Gasteiger partial charge >= 0.3 is 0 Å². The number of carbonyl (C=O) groups excluding carboxylic acids is 2. The highest BCUT2D eigenvalue weighted by atomic mass is 32.1. The molecule has 7 heteroatoms. The number of nitrogens with two attached hydrogens (primary N) is 1. The van der Waals surface area contributed by atoms with Crippen molar-refractivity contribution in [2.75, 3.05) is 13.1 Å². The van der Waals surface area contributed by atoms with Gasteiger partial charge in [-0.1, -0.05) is 39.1 Å². The molecule has 0 heterocycles. The topological polar surface area (TPSA) is 75.4 Å². The van der Waals surface area contributed by atoms with Crippen LogP contribution >= 0.6 is 25.3 Å². The number of thiol groups is 2. The highest BCUT2D eigenvalue weighted by Gasteiger charge is 1.97. The molecule has 0 saturated heterocycles. The van der Waals surface area contributed by atoms with Crippen molar-refractivity contribution in [1.82, 2.24) is 10.4 Å². The van der Waals surface area contributed by atoms with E-state index >= 15 is 0 Å². The second-order valence-electron chi connectivity index (χ2n) is 1.93. The predicted octanol–water partition coefficient (Wildman–Crippen LogP) is 0.877. The second kappa shape index (κ2) is 9.69. The minimum Gasteiger partial charge on any atom is -0.361 e. The van der Waals surface area contributed by atoms with E-state index < -0.39 is 5.24 Å². The van der Waals surface area contributed by atoms with Crippen LogP contribution in [0.15, 0.2) is 0 Å². The molecular formula is C6H15N3O2S2. The number of hydrogen-bond acceptors (Lipinski definition) is 3. The molecule has 13 heavy (non-hydrogen) atoms. The van der Waals surface area contributed by atoms with Gasteiger partial charge in [-0.15, -0.1) is 0 Å². The number of amides is 2. The number of primary amides is 1. The van der Waals surface area contributed by atoms with Crippen molar-refractivity contribution in [1.29, 1.82) is 0 Å². The van der Waals surface area contributed by atoms with Gasteiger partial charge in [0.25, 0.3) is 10.5 Å². The Hall–Kier alpha value is -0.400. The van der Waals surface area contributed by atoms with Gasteiger partial charge in [-0.25, -0.2) is 5.01 Å². The highest BCUT2D eigenvalue weighted by molar-refractivity contribution is 7.96. The summed E-state index contributed by atoms with van der Waals surface area (Å²) in [6.45, 7) is 5.55. The van der Waals surface area contributed by atoms with Crippen molar-refractivity contribution in [3.63, 3.8) is 0 Å². The van der Waals surface area contributed by atoms with E-state index in [-0.39, 0.29) is 5.24 Å². The van der Waals surface area contributed by atoms with Crippen molar-refractivity contribution < 1.29 is 9.59 Å². The number of carbonyl (C=O) groups is 2. The molecule has 0 radical (unpaired) electrons. The molecule has 5 nitrogen and oxygen atoms in total.